The lowest BCUT2D eigenvalue weighted by Crippen LogP contribution is -1.99. The van der Waals surface area contributed by atoms with Gasteiger partial charge in [-0.25, -0.2) is 4.98 Å². The van der Waals surface area contributed by atoms with Crippen molar-refractivity contribution in [1.29, 1.82) is 0 Å². The molecule has 4 heteroatoms. The van der Waals surface area contributed by atoms with Gasteiger partial charge in [0.05, 0.1) is 0 Å². The molecular weight excluding hydrogens is 272 g/mol. The number of hydrogen-bond donors (Lipinski definition) is 0. The predicted octanol–water partition coefficient (Wildman–Crippen LogP) is 4.92. The Labute approximate surface area is 125 Å². The van der Waals surface area contributed by atoms with Gasteiger partial charge in [-0.1, -0.05) is 44.5 Å². The SMILES string of the molecule is CCc1nc(Cl)cc(Oc2cc(C)ccc2C(C)C)n1. The molecule has 1 aromatic carbocycles. The topological polar surface area (TPSA) is 35.0 Å². The van der Waals surface area contributed by atoms with E-state index in [9.17, 15) is 0 Å². The summed E-state index contributed by atoms with van der Waals surface area (Å²) in [5, 5.41) is 0.408. The van der Waals surface area contributed by atoms with Crippen LogP contribution in [-0.4, -0.2) is 9.97 Å². The fraction of sp³-hybridized carbons (Fsp3) is 0.375. The largest absolute Gasteiger partial charge is 0.439 e. The number of halogens is 1. The molecule has 106 valence electrons. The van der Waals surface area contributed by atoms with E-state index in [1.54, 1.807) is 6.07 Å². The van der Waals surface area contributed by atoms with Crippen LogP contribution in [0.3, 0.4) is 0 Å². The molecule has 0 spiro atoms. The minimum absolute atomic E-state index is 0.383. The van der Waals surface area contributed by atoms with Crippen molar-refractivity contribution in [2.75, 3.05) is 0 Å². The molecule has 0 unspecified atom stereocenters. The highest BCUT2D eigenvalue weighted by molar-refractivity contribution is 6.29. The minimum atomic E-state index is 0.383. The van der Waals surface area contributed by atoms with Crippen LogP contribution in [0.25, 0.3) is 0 Å². The lowest BCUT2D eigenvalue weighted by atomic mass is 10.0. The van der Waals surface area contributed by atoms with Crippen molar-refractivity contribution in [3.05, 3.63) is 46.4 Å². The van der Waals surface area contributed by atoms with Gasteiger partial charge in [-0.05, 0) is 30.0 Å². The lowest BCUT2D eigenvalue weighted by molar-refractivity contribution is 0.450. The van der Waals surface area contributed by atoms with Crippen LogP contribution in [0.4, 0.5) is 0 Å². The van der Waals surface area contributed by atoms with Gasteiger partial charge >= 0.3 is 0 Å². The summed E-state index contributed by atoms with van der Waals surface area (Å²) in [6, 6.07) is 7.86. The van der Waals surface area contributed by atoms with Gasteiger partial charge in [-0.15, -0.1) is 0 Å². The Morgan fingerprint density at radius 1 is 1.20 bits per heavy atom. The average molecular weight is 291 g/mol. The van der Waals surface area contributed by atoms with Gasteiger partial charge in [0.15, 0.2) is 0 Å². The summed E-state index contributed by atoms with van der Waals surface area (Å²) >= 11 is 6.00. The third-order valence-corrected chi connectivity index (χ3v) is 3.23. The summed E-state index contributed by atoms with van der Waals surface area (Å²) in [6.07, 6.45) is 0.724. The zero-order chi connectivity index (χ0) is 14.7. The predicted molar refractivity (Wildman–Crippen MR) is 81.8 cm³/mol. The van der Waals surface area contributed by atoms with Gasteiger partial charge in [0.1, 0.15) is 16.7 Å². The molecule has 0 N–H and O–H groups in total. The molecule has 0 amide bonds. The normalized spacial score (nSPS) is 10.9. The van der Waals surface area contributed by atoms with Gasteiger partial charge in [0.2, 0.25) is 5.88 Å². The first-order valence-electron chi connectivity index (χ1n) is 6.81. The van der Waals surface area contributed by atoms with Crippen LogP contribution in [0.1, 0.15) is 43.6 Å². The minimum Gasteiger partial charge on any atom is -0.439 e. The standard InChI is InChI=1S/C16H19ClN2O/c1-5-15-18-14(17)9-16(19-15)20-13-8-11(4)6-7-12(13)10(2)3/h6-10H,5H2,1-4H3. The molecular formula is C16H19ClN2O. The van der Waals surface area contributed by atoms with Gasteiger partial charge in [-0.2, -0.15) is 4.98 Å². The van der Waals surface area contributed by atoms with Crippen molar-refractivity contribution in [2.24, 2.45) is 0 Å². The average Bonchev–Trinajstić information content (AvgIpc) is 2.37. The molecule has 0 bridgehead atoms. The van der Waals surface area contributed by atoms with E-state index in [0.717, 1.165) is 23.3 Å². The Balaban J connectivity index is 2.38. The van der Waals surface area contributed by atoms with E-state index < -0.39 is 0 Å². The Bertz CT molecular complexity index is 611. The number of hydrogen-bond acceptors (Lipinski definition) is 3. The number of benzene rings is 1. The summed E-state index contributed by atoms with van der Waals surface area (Å²) in [6.45, 7) is 8.31. The summed E-state index contributed by atoms with van der Waals surface area (Å²) < 4.78 is 5.94. The van der Waals surface area contributed by atoms with E-state index in [0.29, 0.717) is 22.8 Å². The molecule has 2 rings (SSSR count). The quantitative estimate of drug-likeness (QED) is 0.750. The summed E-state index contributed by atoms with van der Waals surface area (Å²) in [7, 11) is 0. The second-order valence-corrected chi connectivity index (χ2v) is 5.48. The molecule has 0 aliphatic rings. The van der Waals surface area contributed by atoms with Crippen LogP contribution in [0.2, 0.25) is 5.15 Å². The first kappa shape index (κ1) is 14.8. The smallest absolute Gasteiger partial charge is 0.224 e. The first-order valence-corrected chi connectivity index (χ1v) is 7.19. The molecule has 0 saturated carbocycles. The Morgan fingerprint density at radius 3 is 2.60 bits per heavy atom. The zero-order valence-electron chi connectivity index (χ0n) is 12.3. The number of aryl methyl sites for hydroxylation is 2. The number of nitrogens with zero attached hydrogens (tertiary/aromatic N) is 2. The van der Waals surface area contributed by atoms with E-state index in [2.05, 4.69) is 35.9 Å². The Morgan fingerprint density at radius 2 is 1.95 bits per heavy atom. The van der Waals surface area contributed by atoms with Crippen LogP contribution >= 0.6 is 11.6 Å². The summed E-state index contributed by atoms with van der Waals surface area (Å²) in [4.78, 5) is 8.50. The maximum Gasteiger partial charge on any atom is 0.224 e. The third kappa shape index (κ3) is 3.48. The highest BCUT2D eigenvalue weighted by Gasteiger charge is 2.11. The molecule has 0 aliphatic carbocycles. The fourth-order valence-electron chi connectivity index (χ4n) is 1.97. The van der Waals surface area contributed by atoms with Gasteiger partial charge in [0, 0.05) is 12.5 Å². The molecule has 0 atom stereocenters. The van der Waals surface area contributed by atoms with Gasteiger partial charge in [0.25, 0.3) is 0 Å². The van der Waals surface area contributed by atoms with Crippen LogP contribution in [0.15, 0.2) is 24.3 Å². The highest BCUT2D eigenvalue weighted by atomic mass is 35.5. The number of aromatic nitrogens is 2. The van der Waals surface area contributed by atoms with Crippen molar-refractivity contribution in [1.82, 2.24) is 9.97 Å². The van der Waals surface area contributed by atoms with E-state index in [1.807, 2.05) is 19.9 Å². The Kier molecular flexibility index (Phi) is 4.61. The van der Waals surface area contributed by atoms with E-state index in [4.69, 9.17) is 16.3 Å². The van der Waals surface area contributed by atoms with Gasteiger partial charge in [-0.3, -0.25) is 0 Å². The zero-order valence-corrected chi connectivity index (χ0v) is 13.0. The molecule has 0 radical (unpaired) electrons. The van der Waals surface area contributed by atoms with E-state index in [-0.39, 0.29) is 0 Å². The molecule has 3 nitrogen and oxygen atoms in total. The van der Waals surface area contributed by atoms with Crippen molar-refractivity contribution in [2.45, 2.75) is 40.0 Å². The highest BCUT2D eigenvalue weighted by Crippen LogP contribution is 2.31. The second kappa shape index (κ2) is 6.23. The molecule has 0 fully saturated rings. The fourth-order valence-corrected chi connectivity index (χ4v) is 2.16. The van der Waals surface area contributed by atoms with Crippen molar-refractivity contribution >= 4 is 11.6 Å². The molecule has 20 heavy (non-hydrogen) atoms. The monoisotopic (exact) mass is 290 g/mol. The molecule has 0 aliphatic heterocycles. The summed E-state index contributed by atoms with van der Waals surface area (Å²) in [5.74, 6) is 2.39. The molecule has 0 saturated heterocycles. The second-order valence-electron chi connectivity index (χ2n) is 5.10. The lowest BCUT2D eigenvalue weighted by Gasteiger charge is -2.14. The van der Waals surface area contributed by atoms with Crippen molar-refractivity contribution in [3.8, 4) is 11.6 Å². The van der Waals surface area contributed by atoms with Crippen LogP contribution in [0, 0.1) is 6.92 Å². The first-order chi connectivity index (χ1) is 9.49. The van der Waals surface area contributed by atoms with Crippen molar-refractivity contribution in [3.63, 3.8) is 0 Å². The maximum absolute atomic E-state index is 6.00. The van der Waals surface area contributed by atoms with E-state index >= 15 is 0 Å². The van der Waals surface area contributed by atoms with Crippen LogP contribution in [-0.2, 0) is 6.42 Å². The summed E-state index contributed by atoms with van der Waals surface area (Å²) in [5.41, 5.74) is 2.31. The van der Waals surface area contributed by atoms with Crippen LogP contribution < -0.4 is 4.74 Å². The molecule has 1 aromatic heterocycles. The van der Waals surface area contributed by atoms with Crippen molar-refractivity contribution < 1.29 is 4.74 Å². The third-order valence-electron chi connectivity index (χ3n) is 3.04. The molecule has 1 heterocycles. The number of rotatable bonds is 4. The molecule has 2 aromatic rings. The maximum atomic E-state index is 6.00. The Hall–Kier alpha value is -1.61. The number of ether oxygens (including phenoxy) is 1. The van der Waals surface area contributed by atoms with Gasteiger partial charge < -0.3 is 4.74 Å². The van der Waals surface area contributed by atoms with E-state index in [1.165, 1.54) is 0 Å². The van der Waals surface area contributed by atoms with Crippen LogP contribution in [0.5, 0.6) is 11.6 Å².